The van der Waals surface area contributed by atoms with Crippen LogP contribution in [0.15, 0.2) is 24.7 Å². The van der Waals surface area contributed by atoms with Gasteiger partial charge < -0.3 is 24.1 Å². The Hall–Kier alpha value is -2.31. The fourth-order valence-electron chi connectivity index (χ4n) is 4.12. The van der Waals surface area contributed by atoms with E-state index in [4.69, 9.17) is 24.0 Å². The number of aromatic nitrogens is 5. The van der Waals surface area contributed by atoms with Gasteiger partial charge in [0.25, 0.3) is 0 Å². The van der Waals surface area contributed by atoms with E-state index in [2.05, 4.69) is 29.7 Å². The molecule has 4 rings (SSSR count). The maximum atomic E-state index is 9.42. The molecule has 1 N–H and O–H groups in total. The van der Waals surface area contributed by atoms with Crippen molar-refractivity contribution in [2.45, 2.75) is 84.1 Å². The molecular formula is C25H39N5O5Si. The summed E-state index contributed by atoms with van der Waals surface area (Å²) in [7, 11) is -1.13. The molecule has 0 bridgehead atoms. The number of ether oxygens (including phenoxy) is 4. The molecule has 0 saturated carbocycles. The Kier molecular flexibility index (Phi) is 8.78. The Labute approximate surface area is 213 Å². The molecule has 198 valence electrons. The first-order valence-corrected chi connectivity index (χ1v) is 16.5. The molecule has 0 aliphatic carbocycles. The normalized spacial score (nSPS) is 18.4. The largest absolute Gasteiger partial charge is 0.475 e. The maximum absolute atomic E-state index is 9.42. The number of fused-ring (bicyclic) bond motifs is 1. The van der Waals surface area contributed by atoms with Crippen molar-refractivity contribution in [3.05, 3.63) is 24.7 Å². The minimum absolute atomic E-state index is 0.122. The van der Waals surface area contributed by atoms with Crippen LogP contribution in [0.25, 0.3) is 22.2 Å². The van der Waals surface area contributed by atoms with Crippen LogP contribution in [-0.2, 0) is 20.9 Å². The topological polar surface area (TPSA) is 106 Å². The second kappa shape index (κ2) is 11.8. The Morgan fingerprint density at radius 1 is 1.22 bits per heavy atom. The molecule has 1 saturated heterocycles. The fourth-order valence-corrected chi connectivity index (χ4v) is 4.87. The third-order valence-electron chi connectivity index (χ3n) is 6.02. The van der Waals surface area contributed by atoms with Gasteiger partial charge in [-0.3, -0.25) is 0 Å². The summed E-state index contributed by atoms with van der Waals surface area (Å²) in [6.07, 6.45) is 7.38. The van der Waals surface area contributed by atoms with Gasteiger partial charge in [0.1, 0.15) is 19.0 Å². The van der Waals surface area contributed by atoms with E-state index in [0.29, 0.717) is 12.6 Å². The molecule has 10 nitrogen and oxygen atoms in total. The van der Waals surface area contributed by atoms with Gasteiger partial charge in [0.2, 0.25) is 5.88 Å². The van der Waals surface area contributed by atoms with Gasteiger partial charge >= 0.3 is 0 Å². The third-order valence-corrected chi connectivity index (χ3v) is 7.72. The summed E-state index contributed by atoms with van der Waals surface area (Å²) in [5.41, 5.74) is 2.58. The highest BCUT2D eigenvalue weighted by Crippen LogP contribution is 2.34. The molecule has 0 aromatic carbocycles. The summed E-state index contributed by atoms with van der Waals surface area (Å²) in [6.45, 7) is 12.6. The van der Waals surface area contributed by atoms with E-state index in [1.165, 1.54) is 0 Å². The summed E-state index contributed by atoms with van der Waals surface area (Å²) < 4.78 is 26.8. The number of hydrogen-bond donors (Lipinski definition) is 1. The molecule has 1 aliphatic heterocycles. The van der Waals surface area contributed by atoms with Crippen molar-refractivity contribution < 1.29 is 24.1 Å². The van der Waals surface area contributed by atoms with Gasteiger partial charge in [-0.05, 0) is 39.2 Å². The SMILES string of the molecule is CC(O)O[C@@H](C)COc1cc2c(-c3cnn(COCC[Si](C)(C)C)c3)nn(C3CCCCO3)c2cn1. The van der Waals surface area contributed by atoms with Crippen molar-refractivity contribution in [1.29, 1.82) is 0 Å². The lowest BCUT2D eigenvalue weighted by atomic mass is 10.1. The predicted molar refractivity (Wildman–Crippen MR) is 139 cm³/mol. The van der Waals surface area contributed by atoms with Crippen molar-refractivity contribution in [2.75, 3.05) is 19.8 Å². The van der Waals surface area contributed by atoms with E-state index < -0.39 is 14.4 Å². The monoisotopic (exact) mass is 517 g/mol. The van der Waals surface area contributed by atoms with Crippen molar-refractivity contribution in [3.63, 3.8) is 0 Å². The minimum Gasteiger partial charge on any atom is -0.475 e. The highest BCUT2D eigenvalue weighted by molar-refractivity contribution is 6.76. The summed E-state index contributed by atoms with van der Waals surface area (Å²) >= 11 is 0. The first-order chi connectivity index (χ1) is 17.2. The first kappa shape index (κ1) is 26.7. The van der Waals surface area contributed by atoms with Gasteiger partial charge in [-0.1, -0.05) is 19.6 Å². The number of hydrogen-bond acceptors (Lipinski definition) is 8. The lowest BCUT2D eigenvalue weighted by Crippen LogP contribution is -2.23. The number of nitrogens with zero attached hydrogens (tertiary/aromatic N) is 5. The van der Waals surface area contributed by atoms with Gasteiger partial charge in [-0.2, -0.15) is 10.2 Å². The van der Waals surface area contributed by atoms with Crippen molar-refractivity contribution >= 4 is 19.0 Å². The van der Waals surface area contributed by atoms with Crippen LogP contribution in [0.3, 0.4) is 0 Å². The second-order valence-corrected chi connectivity index (χ2v) is 16.2. The van der Waals surface area contributed by atoms with Crippen LogP contribution in [-0.4, -0.2) is 69.9 Å². The van der Waals surface area contributed by atoms with Crippen LogP contribution in [0.4, 0.5) is 0 Å². The Morgan fingerprint density at radius 2 is 2.06 bits per heavy atom. The third kappa shape index (κ3) is 7.13. The predicted octanol–water partition coefficient (Wildman–Crippen LogP) is 4.43. The van der Waals surface area contributed by atoms with Crippen molar-refractivity contribution in [2.24, 2.45) is 0 Å². The second-order valence-electron chi connectivity index (χ2n) is 10.6. The summed E-state index contributed by atoms with van der Waals surface area (Å²) in [5.74, 6) is 0.468. The van der Waals surface area contributed by atoms with E-state index in [-0.39, 0.29) is 18.9 Å². The molecule has 4 heterocycles. The van der Waals surface area contributed by atoms with Crippen molar-refractivity contribution in [3.8, 4) is 17.1 Å². The highest BCUT2D eigenvalue weighted by Gasteiger charge is 2.23. The molecule has 0 radical (unpaired) electrons. The lowest BCUT2D eigenvalue weighted by molar-refractivity contribution is -0.126. The van der Waals surface area contributed by atoms with E-state index in [0.717, 1.165) is 60.7 Å². The highest BCUT2D eigenvalue weighted by atomic mass is 28.3. The Bertz CT molecular complexity index is 1120. The molecule has 1 aliphatic rings. The van der Waals surface area contributed by atoms with Crippen LogP contribution < -0.4 is 4.74 Å². The smallest absolute Gasteiger partial charge is 0.214 e. The number of aliphatic hydroxyl groups is 1. The maximum Gasteiger partial charge on any atom is 0.214 e. The zero-order valence-corrected chi connectivity index (χ0v) is 23.0. The first-order valence-electron chi connectivity index (χ1n) is 12.8. The van der Waals surface area contributed by atoms with E-state index >= 15 is 0 Å². The van der Waals surface area contributed by atoms with Gasteiger partial charge in [0.05, 0.1) is 24.0 Å². The molecular weight excluding hydrogens is 478 g/mol. The fraction of sp³-hybridized carbons (Fsp3) is 0.640. The molecule has 1 fully saturated rings. The van der Waals surface area contributed by atoms with Gasteiger partial charge in [0.15, 0.2) is 12.5 Å². The molecule has 2 unspecified atom stereocenters. The van der Waals surface area contributed by atoms with Crippen LogP contribution in [0.1, 0.15) is 39.3 Å². The standard InChI is InChI=1S/C25H39N5O5Si/c1-18(35-19(2)31)16-34-23-12-21-22(14-26-23)30(24-8-6-7-9-33-24)28-25(21)20-13-27-29(15-20)17-32-10-11-36(3,4)5/h12-15,18-19,24,31H,6-11,16-17H2,1-5H3/t18-,19?,24?/m0/s1. The number of pyridine rings is 1. The number of aliphatic hydroxyl groups excluding tert-OH is 1. The summed E-state index contributed by atoms with van der Waals surface area (Å²) in [4.78, 5) is 4.50. The molecule has 11 heteroatoms. The molecule has 0 spiro atoms. The zero-order valence-electron chi connectivity index (χ0n) is 22.0. The Morgan fingerprint density at radius 3 is 2.78 bits per heavy atom. The quantitative estimate of drug-likeness (QED) is 0.214. The molecule has 36 heavy (non-hydrogen) atoms. The number of rotatable bonds is 12. The van der Waals surface area contributed by atoms with Crippen LogP contribution in [0.2, 0.25) is 25.7 Å². The lowest BCUT2D eigenvalue weighted by Gasteiger charge is -2.23. The zero-order chi connectivity index (χ0) is 25.7. The molecule has 3 atom stereocenters. The van der Waals surface area contributed by atoms with Crippen LogP contribution in [0.5, 0.6) is 5.88 Å². The summed E-state index contributed by atoms with van der Waals surface area (Å²) in [6, 6.07) is 3.02. The minimum atomic E-state index is -1.13. The van der Waals surface area contributed by atoms with E-state index in [9.17, 15) is 5.11 Å². The molecule has 3 aromatic heterocycles. The Balaban J connectivity index is 1.57. The summed E-state index contributed by atoms with van der Waals surface area (Å²) in [5, 5.41) is 19.8. The van der Waals surface area contributed by atoms with E-state index in [1.54, 1.807) is 17.8 Å². The van der Waals surface area contributed by atoms with Gasteiger partial charge in [0, 0.05) is 44.5 Å². The van der Waals surface area contributed by atoms with Crippen LogP contribution >= 0.6 is 0 Å². The molecule has 3 aromatic rings. The van der Waals surface area contributed by atoms with Gasteiger partial charge in [-0.25, -0.2) is 14.3 Å². The molecule has 0 amide bonds. The van der Waals surface area contributed by atoms with E-state index in [1.807, 2.05) is 30.1 Å². The average molecular weight is 518 g/mol. The van der Waals surface area contributed by atoms with Crippen molar-refractivity contribution in [1.82, 2.24) is 24.5 Å². The van der Waals surface area contributed by atoms with Gasteiger partial charge in [-0.15, -0.1) is 0 Å². The van der Waals surface area contributed by atoms with Crippen LogP contribution in [0, 0.1) is 0 Å². The average Bonchev–Trinajstić information content (AvgIpc) is 3.44.